The lowest BCUT2D eigenvalue weighted by Gasteiger charge is -2.34. The van der Waals surface area contributed by atoms with Crippen LogP contribution in [0.25, 0.3) is 0 Å². The zero-order chi connectivity index (χ0) is 10.8. The number of nitrogens with zero attached hydrogens (tertiary/aromatic N) is 1. The van der Waals surface area contributed by atoms with E-state index in [-0.39, 0.29) is 19.0 Å². The van der Waals surface area contributed by atoms with Gasteiger partial charge in [0.25, 0.3) is 5.91 Å². The SMILES string of the molecule is COc1cccc(C(=O)N2CC(F)C2)c1. The third-order valence-corrected chi connectivity index (χ3v) is 2.44. The second-order valence-corrected chi connectivity index (χ2v) is 3.54. The molecule has 80 valence electrons. The fourth-order valence-corrected chi connectivity index (χ4v) is 1.53. The van der Waals surface area contributed by atoms with Gasteiger partial charge in [0, 0.05) is 5.56 Å². The molecule has 0 N–H and O–H groups in total. The maximum Gasteiger partial charge on any atom is 0.254 e. The highest BCUT2D eigenvalue weighted by Crippen LogP contribution is 2.18. The van der Waals surface area contributed by atoms with Crippen LogP contribution in [0.15, 0.2) is 24.3 Å². The van der Waals surface area contributed by atoms with E-state index in [2.05, 4.69) is 0 Å². The van der Waals surface area contributed by atoms with E-state index in [0.29, 0.717) is 11.3 Å². The summed E-state index contributed by atoms with van der Waals surface area (Å²) in [7, 11) is 1.55. The predicted octanol–water partition coefficient (Wildman–Crippen LogP) is 1.49. The molecule has 2 rings (SSSR count). The average Bonchev–Trinajstić information content (AvgIpc) is 2.24. The Labute approximate surface area is 87.5 Å². The number of rotatable bonds is 2. The molecule has 1 fully saturated rings. The standard InChI is InChI=1S/C11H12FNO2/c1-15-10-4-2-3-8(5-10)11(14)13-6-9(12)7-13/h2-5,9H,6-7H2,1H3. The summed E-state index contributed by atoms with van der Waals surface area (Å²) in [5.41, 5.74) is 0.543. The first-order chi connectivity index (χ1) is 7.20. The second kappa shape index (κ2) is 3.88. The van der Waals surface area contributed by atoms with Crippen LogP contribution in [0.3, 0.4) is 0 Å². The van der Waals surface area contributed by atoms with Crippen LogP contribution < -0.4 is 4.74 Å². The van der Waals surface area contributed by atoms with Crippen molar-refractivity contribution < 1.29 is 13.9 Å². The van der Waals surface area contributed by atoms with E-state index < -0.39 is 6.17 Å². The largest absolute Gasteiger partial charge is 0.497 e. The van der Waals surface area contributed by atoms with Crippen molar-refractivity contribution in [1.29, 1.82) is 0 Å². The number of benzene rings is 1. The molecular formula is C11H12FNO2. The summed E-state index contributed by atoms with van der Waals surface area (Å²) in [4.78, 5) is 13.2. The van der Waals surface area contributed by atoms with Gasteiger partial charge >= 0.3 is 0 Å². The number of hydrogen-bond donors (Lipinski definition) is 0. The summed E-state index contributed by atoms with van der Waals surface area (Å²) < 4.78 is 17.6. The number of carbonyl (C=O) groups is 1. The molecule has 0 bridgehead atoms. The highest BCUT2D eigenvalue weighted by Gasteiger charge is 2.30. The molecule has 15 heavy (non-hydrogen) atoms. The molecule has 0 spiro atoms. The van der Waals surface area contributed by atoms with Gasteiger partial charge in [-0.2, -0.15) is 0 Å². The van der Waals surface area contributed by atoms with Gasteiger partial charge in [-0.05, 0) is 18.2 Å². The van der Waals surface area contributed by atoms with Gasteiger partial charge in [-0.1, -0.05) is 6.07 Å². The maximum absolute atomic E-state index is 12.6. The van der Waals surface area contributed by atoms with Crippen LogP contribution >= 0.6 is 0 Å². The number of halogens is 1. The minimum Gasteiger partial charge on any atom is -0.497 e. The molecule has 4 heteroatoms. The van der Waals surface area contributed by atoms with Gasteiger partial charge in [-0.25, -0.2) is 4.39 Å². The normalized spacial score (nSPS) is 16.0. The van der Waals surface area contributed by atoms with Crippen molar-refractivity contribution >= 4 is 5.91 Å². The topological polar surface area (TPSA) is 29.5 Å². The molecule has 0 saturated carbocycles. The maximum atomic E-state index is 12.6. The molecule has 3 nitrogen and oxygen atoms in total. The van der Waals surface area contributed by atoms with Gasteiger partial charge in [-0.3, -0.25) is 4.79 Å². The number of hydrogen-bond acceptors (Lipinski definition) is 2. The molecule has 1 amide bonds. The van der Waals surface area contributed by atoms with Crippen LogP contribution in [-0.2, 0) is 0 Å². The van der Waals surface area contributed by atoms with Crippen LogP contribution in [0.5, 0.6) is 5.75 Å². The smallest absolute Gasteiger partial charge is 0.254 e. The van der Waals surface area contributed by atoms with Crippen molar-refractivity contribution in [2.45, 2.75) is 6.17 Å². The number of likely N-dealkylation sites (tertiary alicyclic amines) is 1. The van der Waals surface area contributed by atoms with Gasteiger partial charge in [0.2, 0.25) is 0 Å². The number of carbonyl (C=O) groups excluding carboxylic acids is 1. The van der Waals surface area contributed by atoms with Crippen LogP contribution in [0, 0.1) is 0 Å². The highest BCUT2D eigenvalue weighted by molar-refractivity contribution is 5.95. The molecule has 0 atom stereocenters. The summed E-state index contributed by atoms with van der Waals surface area (Å²) in [5, 5.41) is 0. The van der Waals surface area contributed by atoms with Crippen molar-refractivity contribution in [1.82, 2.24) is 4.90 Å². The van der Waals surface area contributed by atoms with Crippen LogP contribution in [0.2, 0.25) is 0 Å². The summed E-state index contributed by atoms with van der Waals surface area (Å²) in [6, 6.07) is 6.88. The molecule has 0 aromatic heterocycles. The van der Waals surface area contributed by atoms with Gasteiger partial charge in [-0.15, -0.1) is 0 Å². The third kappa shape index (κ3) is 1.93. The van der Waals surface area contributed by atoms with Gasteiger partial charge in [0.1, 0.15) is 11.9 Å². The first-order valence-corrected chi connectivity index (χ1v) is 4.78. The summed E-state index contributed by atoms with van der Waals surface area (Å²) in [6.45, 7) is 0.409. The van der Waals surface area contributed by atoms with Crippen molar-refractivity contribution in [3.8, 4) is 5.75 Å². The zero-order valence-electron chi connectivity index (χ0n) is 8.44. The van der Waals surface area contributed by atoms with Crippen LogP contribution in [0.1, 0.15) is 10.4 Å². The zero-order valence-corrected chi connectivity index (χ0v) is 8.44. The molecule has 0 unspecified atom stereocenters. The number of alkyl halides is 1. The first kappa shape index (κ1) is 9.96. The molecule has 0 radical (unpaired) electrons. The monoisotopic (exact) mass is 209 g/mol. The highest BCUT2D eigenvalue weighted by atomic mass is 19.1. The van der Waals surface area contributed by atoms with E-state index in [0.717, 1.165) is 0 Å². The molecule has 0 aliphatic carbocycles. The average molecular weight is 209 g/mol. The van der Waals surface area contributed by atoms with Gasteiger partial charge in [0.15, 0.2) is 0 Å². The lowest BCUT2D eigenvalue weighted by atomic mass is 10.1. The lowest BCUT2D eigenvalue weighted by Crippen LogP contribution is -2.51. The van der Waals surface area contributed by atoms with Gasteiger partial charge in [0.05, 0.1) is 20.2 Å². The quantitative estimate of drug-likeness (QED) is 0.738. The van der Waals surface area contributed by atoms with E-state index >= 15 is 0 Å². The van der Waals surface area contributed by atoms with Crippen molar-refractivity contribution in [2.75, 3.05) is 20.2 Å². The molecule has 1 saturated heterocycles. The van der Waals surface area contributed by atoms with E-state index in [1.807, 2.05) is 0 Å². The molecule has 1 aromatic rings. The Morgan fingerprint density at radius 1 is 1.53 bits per heavy atom. The van der Waals surface area contributed by atoms with Crippen molar-refractivity contribution in [2.24, 2.45) is 0 Å². The van der Waals surface area contributed by atoms with Crippen molar-refractivity contribution in [3.05, 3.63) is 29.8 Å². The summed E-state index contributed by atoms with van der Waals surface area (Å²) >= 11 is 0. The van der Waals surface area contributed by atoms with Crippen LogP contribution in [-0.4, -0.2) is 37.2 Å². The molecule has 1 aliphatic heterocycles. The van der Waals surface area contributed by atoms with E-state index in [1.54, 1.807) is 31.4 Å². The molecule has 1 aromatic carbocycles. The Bertz CT molecular complexity index is 375. The minimum absolute atomic E-state index is 0.136. The molecular weight excluding hydrogens is 197 g/mol. The van der Waals surface area contributed by atoms with E-state index in [9.17, 15) is 9.18 Å². The Balaban J connectivity index is 2.11. The lowest BCUT2D eigenvalue weighted by molar-refractivity contribution is 0.0400. The fraction of sp³-hybridized carbons (Fsp3) is 0.364. The van der Waals surface area contributed by atoms with E-state index in [4.69, 9.17) is 4.74 Å². The Morgan fingerprint density at radius 2 is 2.27 bits per heavy atom. The Hall–Kier alpha value is -1.58. The van der Waals surface area contributed by atoms with E-state index in [1.165, 1.54) is 4.90 Å². The summed E-state index contributed by atoms with van der Waals surface area (Å²) in [6.07, 6.45) is -0.862. The minimum atomic E-state index is -0.862. The Morgan fingerprint density at radius 3 is 2.87 bits per heavy atom. The van der Waals surface area contributed by atoms with Crippen LogP contribution in [0.4, 0.5) is 4.39 Å². The second-order valence-electron chi connectivity index (χ2n) is 3.54. The predicted molar refractivity (Wildman–Crippen MR) is 53.8 cm³/mol. The number of amides is 1. The molecule has 1 heterocycles. The van der Waals surface area contributed by atoms with Crippen molar-refractivity contribution in [3.63, 3.8) is 0 Å². The Kier molecular flexibility index (Phi) is 2.58. The number of methoxy groups -OCH3 is 1. The number of ether oxygens (including phenoxy) is 1. The third-order valence-electron chi connectivity index (χ3n) is 2.44. The van der Waals surface area contributed by atoms with Gasteiger partial charge < -0.3 is 9.64 Å². The first-order valence-electron chi connectivity index (χ1n) is 4.78. The summed E-state index contributed by atoms with van der Waals surface area (Å²) in [5.74, 6) is 0.501. The fourth-order valence-electron chi connectivity index (χ4n) is 1.53. The molecule has 1 aliphatic rings.